The summed E-state index contributed by atoms with van der Waals surface area (Å²) in [6.07, 6.45) is 2.57. The third-order valence-electron chi connectivity index (χ3n) is 8.74. The quantitative estimate of drug-likeness (QED) is 0.141. The number of amides is 2. The Bertz CT molecular complexity index is 830. The van der Waals surface area contributed by atoms with Gasteiger partial charge in [-0.25, -0.2) is 27.2 Å². The standard InChI is InChI=1S/2C16H32F2N2O2Si/c2*1-20(15(21)22-9-10-23(2,3)4)12-14(19)11-13-5-7-16(17,18)8-6-13/h2*13-14H,5-12,19H2,1-4H3/t2*14-/m00/s1. The molecule has 14 heteroatoms. The Morgan fingerprint density at radius 3 is 1.22 bits per heavy atom. The minimum atomic E-state index is -2.50. The molecule has 2 fully saturated rings. The van der Waals surface area contributed by atoms with E-state index >= 15 is 0 Å². The molecule has 0 radical (unpaired) electrons. The maximum absolute atomic E-state index is 13.1. The van der Waals surface area contributed by atoms with Crippen LogP contribution in [0.4, 0.5) is 27.2 Å². The number of carbonyl (C=O) groups excluding carboxylic acids is 2. The normalized spacial score (nSPS) is 20.1. The maximum atomic E-state index is 13.1. The molecule has 0 aliphatic heterocycles. The van der Waals surface area contributed by atoms with Crippen molar-refractivity contribution in [1.29, 1.82) is 0 Å². The van der Waals surface area contributed by atoms with Gasteiger partial charge in [0.25, 0.3) is 0 Å². The molecule has 0 aromatic rings. The first-order valence-electron chi connectivity index (χ1n) is 17.0. The second-order valence-electron chi connectivity index (χ2n) is 16.2. The lowest BCUT2D eigenvalue weighted by atomic mass is 9.83. The lowest BCUT2D eigenvalue weighted by Crippen LogP contribution is -2.41. The smallest absolute Gasteiger partial charge is 0.409 e. The van der Waals surface area contributed by atoms with Crippen molar-refractivity contribution < 1.29 is 36.6 Å². The average Bonchev–Trinajstić information content (AvgIpc) is 2.89. The highest BCUT2D eigenvalue weighted by Gasteiger charge is 2.36. The highest BCUT2D eigenvalue weighted by Crippen LogP contribution is 2.38. The number of nitrogens with zero attached hydrogens (tertiary/aromatic N) is 2. The highest BCUT2D eigenvalue weighted by molar-refractivity contribution is 6.76. The molecule has 2 atom stereocenters. The second-order valence-corrected chi connectivity index (χ2v) is 27.4. The monoisotopic (exact) mass is 700 g/mol. The van der Waals surface area contributed by atoms with Crippen LogP contribution in [-0.4, -0.2) is 102 Å². The van der Waals surface area contributed by atoms with Gasteiger partial charge in [0.2, 0.25) is 11.8 Å². The third-order valence-corrected chi connectivity index (χ3v) is 12.1. The van der Waals surface area contributed by atoms with Crippen molar-refractivity contribution in [2.75, 3.05) is 40.4 Å². The molecule has 0 spiro atoms. The Hall–Kier alpha value is -1.39. The molecule has 2 aliphatic rings. The number of hydrogen-bond donors (Lipinski definition) is 2. The molecule has 46 heavy (non-hydrogen) atoms. The van der Waals surface area contributed by atoms with Gasteiger partial charge in [-0.15, -0.1) is 0 Å². The van der Waals surface area contributed by atoms with Gasteiger partial charge in [-0.2, -0.15) is 0 Å². The lowest BCUT2D eigenvalue weighted by molar-refractivity contribution is -0.0477. The lowest BCUT2D eigenvalue weighted by Gasteiger charge is -2.30. The van der Waals surface area contributed by atoms with E-state index in [0.717, 1.165) is 12.1 Å². The highest BCUT2D eigenvalue weighted by atomic mass is 28.3. The van der Waals surface area contributed by atoms with Crippen LogP contribution in [-0.2, 0) is 9.47 Å². The molecule has 0 heterocycles. The van der Waals surface area contributed by atoms with Crippen LogP contribution in [0.5, 0.6) is 0 Å². The van der Waals surface area contributed by atoms with Gasteiger partial charge in [0.15, 0.2) is 0 Å². The average molecular weight is 701 g/mol. The predicted molar refractivity (Wildman–Crippen MR) is 183 cm³/mol. The Balaban J connectivity index is 0.000000460. The van der Waals surface area contributed by atoms with Crippen LogP contribution in [0.3, 0.4) is 0 Å². The molecule has 2 rings (SSSR count). The topological polar surface area (TPSA) is 111 Å². The Morgan fingerprint density at radius 1 is 0.674 bits per heavy atom. The minimum absolute atomic E-state index is 0.0427. The summed E-state index contributed by atoms with van der Waals surface area (Å²) in [7, 11) is 0.917. The molecule has 4 N–H and O–H groups in total. The van der Waals surface area contributed by atoms with Crippen LogP contribution < -0.4 is 11.5 Å². The van der Waals surface area contributed by atoms with Crippen LogP contribution in [0.2, 0.25) is 51.4 Å². The number of halogens is 4. The molecule has 0 aromatic carbocycles. The van der Waals surface area contributed by atoms with Gasteiger partial charge >= 0.3 is 12.2 Å². The first kappa shape index (κ1) is 42.6. The van der Waals surface area contributed by atoms with Crippen molar-refractivity contribution in [3.8, 4) is 0 Å². The number of hydrogen-bond acceptors (Lipinski definition) is 6. The second kappa shape index (κ2) is 19.0. The van der Waals surface area contributed by atoms with Crippen LogP contribution in [0.25, 0.3) is 0 Å². The molecule has 8 nitrogen and oxygen atoms in total. The van der Waals surface area contributed by atoms with Crippen molar-refractivity contribution in [1.82, 2.24) is 9.80 Å². The van der Waals surface area contributed by atoms with Crippen molar-refractivity contribution in [3.05, 3.63) is 0 Å². The van der Waals surface area contributed by atoms with E-state index in [1.165, 1.54) is 9.80 Å². The molecule has 0 bridgehead atoms. The van der Waals surface area contributed by atoms with Crippen LogP contribution >= 0.6 is 0 Å². The van der Waals surface area contributed by atoms with E-state index in [-0.39, 0.29) is 61.8 Å². The van der Waals surface area contributed by atoms with E-state index in [2.05, 4.69) is 39.3 Å². The molecular formula is C32H64F4N4O4Si2. The summed E-state index contributed by atoms with van der Waals surface area (Å²) < 4.78 is 63.1. The van der Waals surface area contributed by atoms with Gasteiger partial charge in [0, 0.05) is 81.1 Å². The Morgan fingerprint density at radius 2 is 0.957 bits per heavy atom. The zero-order chi connectivity index (χ0) is 35.3. The van der Waals surface area contributed by atoms with Gasteiger partial charge < -0.3 is 30.7 Å². The minimum Gasteiger partial charge on any atom is -0.450 e. The van der Waals surface area contributed by atoms with E-state index in [0.29, 0.717) is 64.8 Å². The van der Waals surface area contributed by atoms with Crippen molar-refractivity contribution >= 4 is 28.3 Å². The largest absolute Gasteiger partial charge is 0.450 e. The van der Waals surface area contributed by atoms with Gasteiger partial charge in [-0.1, -0.05) is 39.3 Å². The van der Waals surface area contributed by atoms with E-state index in [4.69, 9.17) is 20.9 Å². The van der Waals surface area contributed by atoms with Crippen LogP contribution in [0.15, 0.2) is 0 Å². The summed E-state index contributed by atoms with van der Waals surface area (Å²) in [5, 5.41) is 0. The summed E-state index contributed by atoms with van der Waals surface area (Å²) in [4.78, 5) is 26.8. The molecule has 0 unspecified atom stereocenters. The Kier molecular flexibility index (Phi) is 17.6. The maximum Gasteiger partial charge on any atom is 0.409 e. The molecule has 2 amide bonds. The number of nitrogens with two attached hydrogens (primary N) is 2. The van der Waals surface area contributed by atoms with Crippen molar-refractivity contribution in [2.24, 2.45) is 23.3 Å². The fraction of sp³-hybridized carbons (Fsp3) is 0.938. The van der Waals surface area contributed by atoms with Gasteiger partial charge in [0.05, 0.1) is 13.2 Å². The number of rotatable bonds is 14. The summed E-state index contributed by atoms with van der Waals surface area (Å²) in [6.45, 7) is 15.1. The number of alkyl halides is 4. The van der Waals surface area contributed by atoms with E-state index in [9.17, 15) is 27.2 Å². The molecule has 0 aromatic heterocycles. The fourth-order valence-electron chi connectivity index (χ4n) is 5.64. The van der Waals surface area contributed by atoms with Gasteiger partial charge in [-0.3, -0.25) is 0 Å². The molecular weight excluding hydrogens is 637 g/mol. The number of likely N-dealkylation sites (N-methyl/N-ethyl adjacent to an activating group) is 2. The first-order valence-corrected chi connectivity index (χ1v) is 24.4. The zero-order valence-electron chi connectivity index (χ0n) is 29.8. The van der Waals surface area contributed by atoms with E-state index in [1.807, 2.05) is 0 Å². The number of carbonyl (C=O) groups is 2. The molecule has 272 valence electrons. The molecule has 2 saturated carbocycles. The molecule has 0 saturated heterocycles. The summed E-state index contributed by atoms with van der Waals surface area (Å²) in [5.74, 6) is -4.53. The van der Waals surface area contributed by atoms with Gasteiger partial charge in [-0.05, 0) is 62.4 Å². The number of ether oxygens (including phenoxy) is 2. The first-order chi connectivity index (χ1) is 21.0. The fourth-order valence-corrected chi connectivity index (χ4v) is 7.07. The summed E-state index contributed by atoms with van der Waals surface area (Å²) in [5.41, 5.74) is 12.2. The third kappa shape index (κ3) is 20.1. The Labute approximate surface area is 277 Å². The van der Waals surface area contributed by atoms with Crippen molar-refractivity contribution in [2.45, 2.75) is 140 Å². The summed E-state index contributed by atoms with van der Waals surface area (Å²) in [6, 6.07) is 1.49. The van der Waals surface area contributed by atoms with E-state index in [1.54, 1.807) is 14.1 Å². The molecule has 2 aliphatic carbocycles. The van der Waals surface area contributed by atoms with E-state index < -0.39 is 28.0 Å². The van der Waals surface area contributed by atoms with Crippen LogP contribution in [0, 0.1) is 11.8 Å². The van der Waals surface area contributed by atoms with Crippen LogP contribution in [0.1, 0.15) is 64.2 Å². The van der Waals surface area contributed by atoms with Gasteiger partial charge in [0.1, 0.15) is 0 Å². The SMILES string of the molecule is CN(C[C@@H](N)CC1CCC(F)(F)CC1)C(=O)OCC[Si](C)(C)C.CN(C[C@@H](N)CC1CCC(F)(F)CC1)C(=O)OCC[Si](C)(C)C. The predicted octanol–water partition coefficient (Wildman–Crippen LogP) is 7.87. The zero-order valence-corrected chi connectivity index (χ0v) is 31.8. The summed E-state index contributed by atoms with van der Waals surface area (Å²) >= 11 is 0. The van der Waals surface area contributed by atoms with Crippen molar-refractivity contribution in [3.63, 3.8) is 0 Å².